The topological polar surface area (TPSA) is 98.5 Å². The Balaban J connectivity index is 1.67. The summed E-state index contributed by atoms with van der Waals surface area (Å²) < 4.78 is 1.91. The quantitative estimate of drug-likeness (QED) is 0.457. The molecule has 0 saturated heterocycles. The Hall–Kier alpha value is -2.59. The van der Waals surface area contributed by atoms with Gasteiger partial charge in [-0.15, -0.1) is 27.0 Å². The molecule has 3 rings (SSSR count). The molecule has 0 saturated carbocycles. The first kappa shape index (κ1) is 19.2. The van der Waals surface area contributed by atoms with Crippen LogP contribution in [0.5, 0.6) is 0 Å². The summed E-state index contributed by atoms with van der Waals surface area (Å²) in [6.45, 7) is 8.39. The van der Waals surface area contributed by atoms with Crippen molar-refractivity contribution in [1.29, 1.82) is 0 Å². The summed E-state index contributed by atoms with van der Waals surface area (Å²) in [7, 11) is 0. The second-order valence-electron chi connectivity index (χ2n) is 5.88. The number of hydrogen-bond donors (Lipinski definition) is 1. The van der Waals surface area contributed by atoms with E-state index in [2.05, 4.69) is 37.3 Å². The van der Waals surface area contributed by atoms with E-state index in [1.54, 1.807) is 18.5 Å². The van der Waals surface area contributed by atoms with Gasteiger partial charge in [0.2, 0.25) is 11.0 Å². The Morgan fingerprint density at radius 2 is 2.22 bits per heavy atom. The fourth-order valence-corrected chi connectivity index (χ4v) is 3.71. The van der Waals surface area contributed by atoms with Crippen LogP contribution in [-0.4, -0.2) is 41.6 Å². The molecule has 3 heterocycles. The molecule has 0 spiro atoms. The highest BCUT2D eigenvalue weighted by Crippen LogP contribution is 2.25. The highest BCUT2D eigenvalue weighted by Gasteiger charge is 2.16. The van der Waals surface area contributed by atoms with Crippen LogP contribution in [0.15, 0.2) is 42.3 Å². The van der Waals surface area contributed by atoms with Crippen molar-refractivity contribution in [2.75, 3.05) is 11.1 Å². The molecule has 1 N–H and O–H groups in total. The Bertz CT molecular complexity index is 921. The number of allylic oxidation sites excluding steroid dienone is 1. The lowest BCUT2D eigenvalue weighted by Gasteiger charge is -2.07. The zero-order valence-electron chi connectivity index (χ0n) is 15.0. The highest BCUT2D eigenvalue weighted by atomic mass is 32.2. The standard InChI is InChI=1S/C17H19N7OS2/c1-4-8-24-14(12-6-5-7-18-9-12)20-23-17(24)26-10-13(25)19-16-22-21-15(27-16)11(2)3/h4-7,9,11H,1,8,10H2,2-3H3,(H,19,22,25). The average molecular weight is 402 g/mol. The lowest BCUT2D eigenvalue weighted by atomic mass is 10.2. The maximum absolute atomic E-state index is 12.2. The summed E-state index contributed by atoms with van der Waals surface area (Å²) in [5.41, 5.74) is 0.859. The SMILES string of the molecule is C=CCn1c(SCC(=O)Nc2nnc(C(C)C)s2)nnc1-c1cccnc1. The third-order valence-electron chi connectivity index (χ3n) is 3.46. The number of aromatic nitrogens is 6. The van der Waals surface area contributed by atoms with Crippen molar-refractivity contribution >= 4 is 34.1 Å². The molecular weight excluding hydrogens is 382 g/mol. The number of carbonyl (C=O) groups excluding carboxylic acids is 1. The molecular formula is C17H19N7OS2. The van der Waals surface area contributed by atoms with E-state index in [4.69, 9.17) is 0 Å². The first-order chi connectivity index (χ1) is 13.1. The number of pyridine rings is 1. The monoisotopic (exact) mass is 401 g/mol. The minimum absolute atomic E-state index is 0.164. The molecule has 0 bridgehead atoms. The van der Waals surface area contributed by atoms with Crippen molar-refractivity contribution in [3.05, 3.63) is 42.2 Å². The molecule has 3 aromatic rings. The maximum atomic E-state index is 12.2. The van der Waals surface area contributed by atoms with Crippen LogP contribution in [-0.2, 0) is 11.3 Å². The van der Waals surface area contributed by atoms with E-state index >= 15 is 0 Å². The molecule has 27 heavy (non-hydrogen) atoms. The van der Waals surface area contributed by atoms with Crippen molar-refractivity contribution in [3.63, 3.8) is 0 Å². The zero-order valence-corrected chi connectivity index (χ0v) is 16.6. The number of nitrogens with one attached hydrogen (secondary N) is 1. The molecule has 0 atom stereocenters. The highest BCUT2D eigenvalue weighted by molar-refractivity contribution is 7.99. The van der Waals surface area contributed by atoms with Gasteiger partial charge in [-0.1, -0.05) is 43.0 Å². The van der Waals surface area contributed by atoms with Crippen LogP contribution in [0.25, 0.3) is 11.4 Å². The molecule has 0 fully saturated rings. The molecule has 0 aromatic carbocycles. The van der Waals surface area contributed by atoms with Gasteiger partial charge in [0.25, 0.3) is 0 Å². The Labute approximate surface area is 165 Å². The van der Waals surface area contributed by atoms with Crippen molar-refractivity contribution in [2.24, 2.45) is 0 Å². The number of anilines is 1. The molecule has 0 unspecified atom stereocenters. The van der Waals surface area contributed by atoms with E-state index in [0.29, 0.717) is 22.7 Å². The largest absolute Gasteiger partial charge is 0.300 e. The molecule has 0 aliphatic heterocycles. The minimum Gasteiger partial charge on any atom is -0.300 e. The van der Waals surface area contributed by atoms with E-state index in [9.17, 15) is 4.79 Å². The summed E-state index contributed by atoms with van der Waals surface area (Å²) >= 11 is 2.70. The molecule has 8 nitrogen and oxygen atoms in total. The van der Waals surface area contributed by atoms with Gasteiger partial charge in [-0.25, -0.2) is 0 Å². The fourth-order valence-electron chi connectivity index (χ4n) is 2.20. The van der Waals surface area contributed by atoms with Crippen molar-refractivity contribution in [1.82, 2.24) is 29.9 Å². The van der Waals surface area contributed by atoms with Gasteiger partial charge in [0.05, 0.1) is 5.75 Å². The van der Waals surface area contributed by atoms with Gasteiger partial charge in [-0.3, -0.25) is 19.7 Å². The minimum atomic E-state index is -0.164. The van der Waals surface area contributed by atoms with Gasteiger partial charge in [0, 0.05) is 30.4 Å². The summed E-state index contributed by atoms with van der Waals surface area (Å²) in [4.78, 5) is 16.3. The molecule has 140 valence electrons. The van der Waals surface area contributed by atoms with Crippen LogP contribution in [0.3, 0.4) is 0 Å². The Kier molecular flexibility index (Phi) is 6.30. The second-order valence-corrected chi connectivity index (χ2v) is 7.84. The summed E-state index contributed by atoms with van der Waals surface area (Å²) in [5.74, 6) is 1.00. The summed E-state index contributed by atoms with van der Waals surface area (Å²) in [5, 5.41) is 21.3. The average Bonchev–Trinajstić information content (AvgIpc) is 3.28. The third-order valence-corrected chi connectivity index (χ3v) is 5.57. The van der Waals surface area contributed by atoms with Gasteiger partial charge < -0.3 is 0 Å². The van der Waals surface area contributed by atoms with E-state index in [1.165, 1.54) is 23.1 Å². The third kappa shape index (κ3) is 4.77. The van der Waals surface area contributed by atoms with Gasteiger partial charge in [0.1, 0.15) is 5.01 Å². The normalized spacial score (nSPS) is 10.9. The number of thioether (sulfide) groups is 1. The van der Waals surface area contributed by atoms with Crippen molar-refractivity contribution in [3.8, 4) is 11.4 Å². The molecule has 10 heteroatoms. The number of carbonyl (C=O) groups is 1. The van der Waals surface area contributed by atoms with Crippen LogP contribution in [0.1, 0.15) is 24.8 Å². The van der Waals surface area contributed by atoms with Gasteiger partial charge >= 0.3 is 0 Å². The number of hydrogen-bond acceptors (Lipinski definition) is 8. The molecule has 0 aliphatic carbocycles. The summed E-state index contributed by atoms with van der Waals surface area (Å²) in [6, 6.07) is 3.76. The van der Waals surface area contributed by atoms with Crippen LogP contribution in [0.2, 0.25) is 0 Å². The van der Waals surface area contributed by atoms with E-state index in [-0.39, 0.29) is 17.6 Å². The summed E-state index contributed by atoms with van der Waals surface area (Å²) in [6.07, 6.45) is 5.20. The van der Waals surface area contributed by atoms with Crippen LogP contribution in [0.4, 0.5) is 5.13 Å². The van der Waals surface area contributed by atoms with Crippen LogP contribution < -0.4 is 5.32 Å². The Morgan fingerprint density at radius 1 is 1.37 bits per heavy atom. The van der Waals surface area contributed by atoms with Crippen LogP contribution >= 0.6 is 23.1 Å². The molecule has 3 aromatic heterocycles. The molecule has 0 radical (unpaired) electrons. The van der Waals surface area contributed by atoms with Gasteiger partial charge in [-0.05, 0) is 12.1 Å². The van der Waals surface area contributed by atoms with E-state index in [0.717, 1.165) is 10.6 Å². The molecule has 0 aliphatic rings. The van der Waals surface area contributed by atoms with E-state index < -0.39 is 0 Å². The van der Waals surface area contributed by atoms with E-state index in [1.807, 2.05) is 30.5 Å². The van der Waals surface area contributed by atoms with Crippen molar-refractivity contribution in [2.45, 2.75) is 31.5 Å². The number of amides is 1. The lowest BCUT2D eigenvalue weighted by Crippen LogP contribution is -2.14. The predicted octanol–water partition coefficient (Wildman–Crippen LogP) is 3.23. The number of nitrogens with zero attached hydrogens (tertiary/aromatic N) is 6. The van der Waals surface area contributed by atoms with Gasteiger partial charge in [0.15, 0.2) is 11.0 Å². The maximum Gasteiger partial charge on any atom is 0.236 e. The molecule has 1 amide bonds. The lowest BCUT2D eigenvalue weighted by molar-refractivity contribution is -0.113. The Morgan fingerprint density at radius 3 is 2.89 bits per heavy atom. The first-order valence-corrected chi connectivity index (χ1v) is 10.1. The first-order valence-electron chi connectivity index (χ1n) is 8.29. The zero-order chi connectivity index (χ0) is 19.2. The predicted molar refractivity (Wildman–Crippen MR) is 107 cm³/mol. The van der Waals surface area contributed by atoms with Crippen LogP contribution in [0, 0.1) is 0 Å². The van der Waals surface area contributed by atoms with Crippen molar-refractivity contribution < 1.29 is 4.79 Å². The number of rotatable bonds is 8. The van der Waals surface area contributed by atoms with Gasteiger partial charge in [-0.2, -0.15) is 0 Å². The fraction of sp³-hybridized carbons (Fsp3) is 0.294. The second kappa shape index (κ2) is 8.87. The smallest absolute Gasteiger partial charge is 0.236 e.